The Kier molecular flexibility index (Phi) is 6.43. The first-order chi connectivity index (χ1) is 23.3. The average molecular weight is 602 g/mol. The summed E-state index contributed by atoms with van der Waals surface area (Å²) >= 11 is 0. The zero-order valence-corrected chi connectivity index (χ0v) is 25.3. The highest BCUT2D eigenvalue weighted by Crippen LogP contribution is 2.43. The van der Waals surface area contributed by atoms with Gasteiger partial charge in [-0.1, -0.05) is 146 Å². The molecule has 0 unspecified atom stereocenters. The molecule has 9 aromatic rings. The molecule has 0 atom stereocenters. The smallest absolute Gasteiger partial charge is 0.182 e. The Morgan fingerprint density at radius 1 is 0.426 bits per heavy atom. The Morgan fingerprint density at radius 3 is 1.77 bits per heavy atom. The fourth-order valence-corrected chi connectivity index (χ4v) is 6.57. The molecule has 0 bridgehead atoms. The molecule has 0 aliphatic rings. The van der Waals surface area contributed by atoms with Crippen LogP contribution >= 0.6 is 0 Å². The van der Waals surface area contributed by atoms with Crippen molar-refractivity contribution in [3.8, 4) is 56.2 Å². The van der Waals surface area contributed by atoms with E-state index in [2.05, 4.69) is 120 Å². The second-order valence-corrected chi connectivity index (χ2v) is 11.7. The lowest BCUT2D eigenvalue weighted by Gasteiger charge is -2.16. The molecule has 9 rings (SSSR count). The lowest BCUT2D eigenvalue weighted by atomic mass is 9.88. The van der Waals surface area contributed by atoms with Crippen molar-refractivity contribution in [2.75, 3.05) is 0 Å². The monoisotopic (exact) mass is 601 g/mol. The van der Waals surface area contributed by atoms with Crippen LogP contribution in [0.15, 0.2) is 169 Å². The van der Waals surface area contributed by atoms with Crippen molar-refractivity contribution in [2.45, 2.75) is 0 Å². The minimum Gasteiger partial charge on any atom is -0.443 e. The van der Waals surface area contributed by atoms with Crippen LogP contribution in [0.5, 0.6) is 0 Å². The van der Waals surface area contributed by atoms with E-state index in [4.69, 9.17) is 14.4 Å². The lowest BCUT2D eigenvalue weighted by Crippen LogP contribution is -1.96. The number of nitrogens with zero attached hydrogens (tertiary/aromatic N) is 3. The number of benzene rings is 7. The molecular formula is C43H27N3O. The highest BCUT2D eigenvalue weighted by molar-refractivity contribution is 6.13. The third kappa shape index (κ3) is 4.75. The van der Waals surface area contributed by atoms with E-state index in [1.807, 2.05) is 42.5 Å². The predicted octanol–water partition coefficient (Wildman–Crippen LogP) is 11.3. The highest BCUT2D eigenvalue weighted by Gasteiger charge is 2.19. The quantitative estimate of drug-likeness (QED) is 0.197. The van der Waals surface area contributed by atoms with Gasteiger partial charge in [-0.15, -0.1) is 0 Å². The van der Waals surface area contributed by atoms with Gasteiger partial charge in [0, 0.05) is 27.6 Å². The van der Waals surface area contributed by atoms with Crippen molar-refractivity contribution in [1.29, 1.82) is 0 Å². The third-order valence-electron chi connectivity index (χ3n) is 8.84. The van der Waals surface area contributed by atoms with Gasteiger partial charge in [-0.05, 0) is 45.0 Å². The van der Waals surface area contributed by atoms with Crippen molar-refractivity contribution < 1.29 is 4.42 Å². The maximum absolute atomic E-state index is 6.06. The van der Waals surface area contributed by atoms with E-state index in [-0.39, 0.29) is 0 Å². The summed E-state index contributed by atoms with van der Waals surface area (Å²) in [5.74, 6) is 0.703. The summed E-state index contributed by atoms with van der Waals surface area (Å²) in [6, 6.07) is 54.8. The minimum atomic E-state index is 0.703. The first kappa shape index (κ1) is 27.0. The van der Waals surface area contributed by atoms with Crippen LogP contribution in [0, 0.1) is 0 Å². The van der Waals surface area contributed by atoms with Gasteiger partial charge in [-0.25, -0.2) is 15.0 Å². The van der Waals surface area contributed by atoms with Crippen LogP contribution in [0.1, 0.15) is 0 Å². The zero-order chi connectivity index (χ0) is 31.2. The van der Waals surface area contributed by atoms with Gasteiger partial charge in [0.2, 0.25) is 0 Å². The van der Waals surface area contributed by atoms with Gasteiger partial charge >= 0.3 is 0 Å². The molecule has 0 radical (unpaired) electrons. The Bertz CT molecular complexity index is 2500. The van der Waals surface area contributed by atoms with Crippen LogP contribution in [0.4, 0.5) is 0 Å². The normalized spacial score (nSPS) is 11.4. The highest BCUT2D eigenvalue weighted by atomic mass is 16.3. The Morgan fingerprint density at radius 2 is 1.02 bits per heavy atom. The van der Waals surface area contributed by atoms with E-state index in [0.29, 0.717) is 5.82 Å². The number of hydrogen-bond donors (Lipinski definition) is 0. The van der Waals surface area contributed by atoms with Gasteiger partial charge in [-0.3, -0.25) is 0 Å². The molecule has 4 nitrogen and oxygen atoms in total. The van der Waals surface area contributed by atoms with Crippen LogP contribution in [0.25, 0.3) is 88.8 Å². The minimum absolute atomic E-state index is 0.703. The van der Waals surface area contributed by atoms with Crippen molar-refractivity contribution in [3.05, 3.63) is 164 Å². The molecule has 0 amide bonds. The van der Waals surface area contributed by atoms with Gasteiger partial charge in [0.05, 0.1) is 11.4 Å². The van der Waals surface area contributed by atoms with E-state index in [1.54, 1.807) is 6.39 Å². The molecule has 47 heavy (non-hydrogen) atoms. The molecule has 2 aromatic heterocycles. The predicted molar refractivity (Wildman–Crippen MR) is 192 cm³/mol. The molecule has 0 saturated carbocycles. The Labute approximate surface area is 271 Å². The molecule has 0 saturated heterocycles. The Hall–Kier alpha value is -6.39. The standard InChI is InChI=1S/C43H27N3O/c1-3-12-29(13-4-1)38-26-39(46-43(45-38)32-14-5-2-6-15-32)30-19-21-31(22-20-30)40-34-17-9-7-11-28(34)23-24-36(40)37-25-33-16-8-10-18-35(33)41-42(37)47-27-44-41/h1-27H. The van der Waals surface area contributed by atoms with Crippen molar-refractivity contribution in [3.63, 3.8) is 0 Å². The molecule has 4 heteroatoms. The van der Waals surface area contributed by atoms with Crippen molar-refractivity contribution >= 4 is 32.6 Å². The number of hydrogen-bond acceptors (Lipinski definition) is 4. The first-order valence-electron chi connectivity index (χ1n) is 15.7. The summed E-state index contributed by atoms with van der Waals surface area (Å²) in [4.78, 5) is 14.6. The van der Waals surface area contributed by atoms with E-state index in [9.17, 15) is 0 Å². The molecule has 0 spiro atoms. The van der Waals surface area contributed by atoms with E-state index in [0.717, 1.165) is 72.2 Å². The van der Waals surface area contributed by atoms with Gasteiger partial charge in [0.25, 0.3) is 0 Å². The molecule has 2 heterocycles. The van der Waals surface area contributed by atoms with Crippen LogP contribution in [-0.4, -0.2) is 15.0 Å². The molecule has 7 aromatic carbocycles. The van der Waals surface area contributed by atoms with Crippen molar-refractivity contribution in [1.82, 2.24) is 15.0 Å². The average Bonchev–Trinajstić information content (AvgIpc) is 3.65. The lowest BCUT2D eigenvalue weighted by molar-refractivity contribution is 0.603. The van der Waals surface area contributed by atoms with Gasteiger partial charge in [0.1, 0.15) is 5.52 Å². The summed E-state index contributed by atoms with van der Waals surface area (Å²) < 4.78 is 6.06. The second kappa shape index (κ2) is 11.2. The summed E-state index contributed by atoms with van der Waals surface area (Å²) in [6.07, 6.45) is 1.55. The first-order valence-corrected chi connectivity index (χ1v) is 15.7. The third-order valence-corrected chi connectivity index (χ3v) is 8.84. The maximum atomic E-state index is 6.06. The number of aromatic nitrogens is 3. The van der Waals surface area contributed by atoms with Gasteiger partial charge in [0.15, 0.2) is 17.8 Å². The molecule has 0 fully saturated rings. The van der Waals surface area contributed by atoms with Gasteiger partial charge in [-0.2, -0.15) is 0 Å². The van der Waals surface area contributed by atoms with E-state index >= 15 is 0 Å². The maximum Gasteiger partial charge on any atom is 0.182 e. The zero-order valence-electron chi connectivity index (χ0n) is 25.3. The topological polar surface area (TPSA) is 51.8 Å². The fourth-order valence-electron chi connectivity index (χ4n) is 6.57. The second-order valence-electron chi connectivity index (χ2n) is 11.7. The number of rotatable bonds is 5. The molecular weight excluding hydrogens is 574 g/mol. The summed E-state index contributed by atoms with van der Waals surface area (Å²) in [5, 5.41) is 4.57. The largest absolute Gasteiger partial charge is 0.443 e. The Balaban J connectivity index is 1.22. The van der Waals surface area contributed by atoms with Gasteiger partial charge < -0.3 is 4.42 Å². The van der Waals surface area contributed by atoms with E-state index < -0.39 is 0 Å². The fraction of sp³-hybridized carbons (Fsp3) is 0. The summed E-state index contributed by atoms with van der Waals surface area (Å²) in [7, 11) is 0. The molecule has 220 valence electrons. The molecule has 0 aliphatic carbocycles. The van der Waals surface area contributed by atoms with Crippen LogP contribution in [0.3, 0.4) is 0 Å². The number of fused-ring (bicyclic) bond motifs is 4. The number of oxazole rings is 1. The molecule has 0 aliphatic heterocycles. The van der Waals surface area contributed by atoms with Crippen LogP contribution in [-0.2, 0) is 0 Å². The summed E-state index contributed by atoms with van der Waals surface area (Å²) in [6.45, 7) is 0. The molecule has 0 N–H and O–H groups in total. The van der Waals surface area contributed by atoms with Crippen molar-refractivity contribution in [2.24, 2.45) is 0 Å². The van der Waals surface area contributed by atoms with Crippen LogP contribution < -0.4 is 0 Å². The van der Waals surface area contributed by atoms with E-state index in [1.165, 1.54) is 10.8 Å². The summed E-state index contributed by atoms with van der Waals surface area (Å²) in [5.41, 5.74) is 10.9. The SMILES string of the molecule is c1ccc(-c2cc(-c3ccc(-c4c(-c5cc6ccccc6c6ncoc56)ccc5ccccc45)cc3)nc(-c3ccccc3)n2)cc1. The van der Waals surface area contributed by atoms with Crippen LogP contribution in [0.2, 0.25) is 0 Å².